The summed E-state index contributed by atoms with van der Waals surface area (Å²) in [6.45, 7) is -0.732. The normalized spacial score (nSPS) is 12.6. The molecule has 1 atom stereocenters. The zero-order valence-electron chi connectivity index (χ0n) is 11.8. The minimum atomic E-state index is -4.09. The van der Waals surface area contributed by atoms with Gasteiger partial charge in [-0.05, 0) is 12.1 Å². The van der Waals surface area contributed by atoms with Gasteiger partial charge in [0.1, 0.15) is 22.4 Å². The summed E-state index contributed by atoms with van der Waals surface area (Å²) in [5, 5.41) is 9.07. The zero-order valence-corrected chi connectivity index (χ0v) is 12.6. The van der Waals surface area contributed by atoms with E-state index < -0.39 is 28.6 Å². The second-order valence-corrected chi connectivity index (χ2v) is 5.58. The van der Waals surface area contributed by atoms with Crippen molar-refractivity contribution >= 4 is 16.0 Å². The summed E-state index contributed by atoms with van der Waals surface area (Å²) < 4.78 is 40.9. The molecule has 2 N–H and O–H groups in total. The smallest absolute Gasteiger partial charge is 0.326 e. The first-order chi connectivity index (χ1) is 9.89. The summed E-state index contributed by atoms with van der Waals surface area (Å²) in [6.07, 6.45) is 0. The summed E-state index contributed by atoms with van der Waals surface area (Å²) in [7, 11) is -0.261. The van der Waals surface area contributed by atoms with E-state index in [0.29, 0.717) is 5.75 Å². The molecule has 9 heteroatoms. The van der Waals surface area contributed by atoms with E-state index in [4.69, 9.17) is 14.6 Å². The second-order valence-electron chi connectivity index (χ2n) is 3.90. The van der Waals surface area contributed by atoms with Crippen molar-refractivity contribution in [3.8, 4) is 11.5 Å². The van der Waals surface area contributed by atoms with Crippen molar-refractivity contribution in [1.29, 1.82) is 0 Å². The fourth-order valence-corrected chi connectivity index (χ4v) is 2.88. The van der Waals surface area contributed by atoms with Crippen LogP contribution in [0.3, 0.4) is 0 Å². The van der Waals surface area contributed by atoms with Crippen molar-refractivity contribution in [2.45, 2.75) is 10.9 Å². The molecule has 1 unspecified atom stereocenters. The van der Waals surface area contributed by atoms with Crippen LogP contribution in [0, 0.1) is 0 Å². The highest BCUT2D eigenvalue weighted by Crippen LogP contribution is 2.28. The fraction of sp³-hybridized carbons (Fsp3) is 0.417. The Labute approximate surface area is 122 Å². The number of hydrogen-bond donors (Lipinski definition) is 2. The quantitative estimate of drug-likeness (QED) is 0.653. The topological polar surface area (TPSA) is 111 Å². The Morgan fingerprint density at radius 2 is 1.95 bits per heavy atom. The van der Waals surface area contributed by atoms with Gasteiger partial charge in [0.15, 0.2) is 0 Å². The monoisotopic (exact) mass is 319 g/mol. The average molecular weight is 319 g/mol. The fourth-order valence-electron chi connectivity index (χ4n) is 1.55. The van der Waals surface area contributed by atoms with Crippen molar-refractivity contribution < 1.29 is 32.5 Å². The Bertz CT molecular complexity index is 600. The van der Waals surface area contributed by atoms with E-state index in [1.165, 1.54) is 32.4 Å². The van der Waals surface area contributed by atoms with Crippen LogP contribution in [0.5, 0.6) is 11.5 Å². The first kappa shape index (κ1) is 17.2. The lowest BCUT2D eigenvalue weighted by Crippen LogP contribution is -2.44. The van der Waals surface area contributed by atoms with E-state index in [-0.39, 0.29) is 10.6 Å². The van der Waals surface area contributed by atoms with E-state index >= 15 is 0 Å². The molecule has 0 aliphatic carbocycles. The SMILES string of the molecule is COC(=O)C(CO)NS(=O)(=O)c1ccc(OC)cc1OC. The van der Waals surface area contributed by atoms with Gasteiger partial charge >= 0.3 is 5.97 Å². The van der Waals surface area contributed by atoms with Crippen molar-refractivity contribution in [2.24, 2.45) is 0 Å². The van der Waals surface area contributed by atoms with Crippen LogP contribution < -0.4 is 14.2 Å². The van der Waals surface area contributed by atoms with E-state index in [1.807, 2.05) is 4.72 Å². The molecule has 1 rings (SSSR count). The molecule has 1 aromatic rings. The predicted octanol–water partition coefficient (Wildman–Crippen LogP) is -0.484. The van der Waals surface area contributed by atoms with Crippen LogP contribution in [0.25, 0.3) is 0 Å². The van der Waals surface area contributed by atoms with Crippen LogP contribution in [0.2, 0.25) is 0 Å². The second kappa shape index (κ2) is 7.25. The molecule has 0 amide bonds. The van der Waals surface area contributed by atoms with Gasteiger partial charge in [-0.15, -0.1) is 0 Å². The highest BCUT2D eigenvalue weighted by molar-refractivity contribution is 7.89. The number of rotatable bonds is 7. The predicted molar refractivity (Wildman–Crippen MR) is 72.8 cm³/mol. The first-order valence-electron chi connectivity index (χ1n) is 5.82. The van der Waals surface area contributed by atoms with Gasteiger partial charge in [-0.3, -0.25) is 4.79 Å². The Kier molecular flexibility index (Phi) is 5.94. The van der Waals surface area contributed by atoms with Crippen molar-refractivity contribution in [3.63, 3.8) is 0 Å². The third-order valence-corrected chi connectivity index (χ3v) is 4.14. The molecule has 0 fully saturated rings. The van der Waals surface area contributed by atoms with Gasteiger partial charge in [-0.2, -0.15) is 4.72 Å². The molecule has 0 saturated carbocycles. The first-order valence-corrected chi connectivity index (χ1v) is 7.31. The zero-order chi connectivity index (χ0) is 16.0. The van der Waals surface area contributed by atoms with Gasteiger partial charge in [-0.25, -0.2) is 8.42 Å². The number of sulfonamides is 1. The number of carbonyl (C=O) groups is 1. The standard InChI is InChI=1S/C12H17NO7S/c1-18-8-4-5-11(10(6-8)19-2)21(16,17)13-9(7-14)12(15)20-3/h4-6,9,13-14H,7H2,1-3H3. The lowest BCUT2D eigenvalue weighted by Gasteiger charge is -2.16. The van der Waals surface area contributed by atoms with Crippen LogP contribution in [-0.2, 0) is 19.6 Å². The van der Waals surface area contributed by atoms with E-state index in [2.05, 4.69) is 4.74 Å². The molecule has 0 spiro atoms. The number of nitrogens with one attached hydrogen (secondary N) is 1. The molecular weight excluding hydrogens is 302 g/mol. The Morgan fingerprint density at radius 3 is 2.43 bits per heavy atom. The Morgan fingerprint density at radius 1 is 1.29 bits per heavy atom. The van der Waals surface area contributed by atoms with Crippen LogP contribution in [-0.4, -0.2) is 53.5 Å². The van der Waals surface area contributed by atoms with Gasteiger partial charge < -0.3 is 19.3 Å². The van der Waals surface area contributed by atoms with Crippen LogP contribution >= 0.6 is 0 Å². The molecule has 1 aromatic carbocycles. The summed E-state index contributed by atoms with van der Waals surface area (Å²) in [5.74, 6) is -0.436. The molecule has 21 heavy (non-hydrogen) atoms. The lowest BCUT2D eigenvalue weighted by atomic mass is 10.3. The molecular formula is C12H17NO7S. The summed E-state index contributed by atoms with van der Waals surface area (Å²) >= 11 is 0. The maximum atomic E-state index is 12.3. The van der Waals surface area contributed by atoms with Gasteiger partial charge in [0.25, 0.3) is 0 Å². The van der Waals surface area contributed by atoms with Crippen molar-refractivity contribution in [1.82, 2.24) is 4.72 Å². The largest absolute Gasteiger partial charge is 0.497 e. The van der Waals surface area contributed by atoms with Gasteiger partial charge in [0.05, 0.1) is 27.9 Å². The third-order valence-electron chi connectivity index (χ3n) is 2.63. The number of carbonyl (C=O) groups excluding carboxylic acids is 1. The molecule has 0 radical (unpaired) electrons. The van der Waals surface area contributed by atoms with E-state index in [9.17, 15) is 13.2 Å². The number of esters is 1. The molecule has 118 valence electrons. The summed E-state index contributed by atoms with van der Waals surface area (Å²) in [5.41, 5.74) is 0. The van der Waals surface area contributed by atoms with E-state index in [0.717, 1.165) is 7.11 Å². The highest BCUT2D eigenvalue weighted by Gasteiger charge is 2.28. The Balaban J connectivity index is 3.15. The maximum Gasteiger partial charge on any atom is 0.326 e. The number of aliphatic hydroxyl groups is 1. The molecule has 0 heterocycles. The molecule has 0 bridgehead atoms. The lowest BCUT2D eigenvalue weighted by molar-refractivity contribution is -0.143. The molecule has 0 saturated heterocycles. The van der Waals surface area contributed by atoms with Crippen LogP contribution in [0.1, 0.15) is 0 Å². The van der Waals surface area contributed by atoms with E-state index in [1.54, 1.807) is 0 Å². The third kappa shape index (κ3) is 4.06. The summed E-state index contributed by atoms with van der Waals surface area (Å²) in [6, 6.07) is 2.70. The number of benzene rings is 1. The molecule has 0 aliphatic rings. The van der Waals surface area contributed by atoms with Gasteiger partial charge in [0.2, 0.25) is 10.0 Å². The van der Waals surface area contributed by atoms with Crippen molar-refractivity contribution in [2.75, 3.05) is 27.9 Å². The number of aliphatic hydroxyl groups excluding tert-OH is 1. The highest BCUT2D eigenvalue weighted by atomic mass is 32.2. The molecule has 0 aliphatic heterocycles. The average Bonchev–Trinajstić information content (AvgIpc) is 2.50. The van der Waals surface area contributed by atoms with Gasteiger partial charge in [0, 0.05) is 6.07 Å². The maximum absolute atomic E-state index is 12.3. The summed E-state index contributed by atoms with van der Waals surface area (Å²) in [4.78, 5) is 11.2. The van der Waals surface area contributed by atoms with Crippen LogP contribution in [0.4, 0.5) is 0 Å². The van der Waals surface area contributed by atoms with Crippen molar-refractivity contribution in [3.05, 3.63) is 18.2 Å². The molecule has 8 nitrogen and oxygen atoms in total. The minimum Gasteiger partial charge on any atom is -0.497 e. The number of ether oxygens (including phenoxy) is 3. The Hall–Kier alpha value is -1.84. The van der Waals surface area contributed by atoms with Crippen LogP contribution in [0.15, 0.2) is 23.1 Å². The number of methoxy groups -OCH3 is 3. The molecule has 0 aromatic heterocycles. The number of hydrogen-bond acceptors (Lipinski definition) is 7. The minimum absolute atomic E-state index is 0.0448. The van der Waals surface area contributed by atoms with Gasteiger partial charge in [-0.1, -0.05) is 0 Å².